The Morgan fingerprint density at radius 2 is 2.25 bits per heavy atom. The summed E-state index contributed by atoms with van der Waals surface area (Å²) in [7, 11) is 0. The third-order valence-corrected chi connectivity index (χ3v) is 4.88. The van der Waals surface area contributed by atoms with Gasteiger partial charge in [0.2, 0.25) is 0 Å². The van der Waals surface area contributed by atoms with Gasteiger partial charge in [-0.3, -0.25) is 9.69 Å². The standard InChI is InChI=1S/C17H29NO2/c1-3-4-13-20-16(19)15(2)18-12-8-11-17(14-18)9-6-5-7-10-17/h5-6,15H,3-4,7-14H2,1-2H3/t15-,17-/m0/s1. The molecule has 0 aromatic carbocycles. The van der Waals surface area contributed by atoms with Crippen LogP contribution in [0.4, 0.5) is 0 Å². The fraction of sp³-hybridized carbons (Fsp3) is 0.824. The van der Waals surface area contributed by atoms with Gasteiger partial charge in [-0.15, -0.1) is 0 Å². The highest BCUT2D eigenvalue weighted by Crippen LogP contribution is 2.41. The molecular formula is C17H29NO2. The van der Waals surface area contributed by atoms with E-state index in [1.165, 1.54) is 32.1 Å². The number of nitrogens with zero attached hydrogens (tertiary/aromatic N) is 1. The number of likely N-dealkylation sites (tertiary alicyclic amines) is 1. The molecular weight excluding hydrogens is 250 g/mol. The molecule has 0 saturated carbocycles. The van der Waals surface area contributed by atoms with E-state index in [-0.39, 0.29) is 12.0 Å². The van der Waals surface area contributed by atoms with E-state index >= 15 is 0 Å². The quantitative estimate of drug-likeness (QED) is 0.438. The number of hydrogen-bond acceptors (Lipinski definition) is 3. The Kier molecular flexibility index (Phi) is 5.64. The maximum Gasteiger partial charge on any atom is 0.323 e. The summed E-state index contributed by atoms with van der Waals surface area (Å²) in [5.74, 6) is -0.0400. The molecule has 0 radical (unpaired) electrons. The maximum atomic E-state index is 12.1. The van der Waals surface area contributed by atoms with Gasteiger partial charge in [-0.25, -0.2) is 0 Å². The summed E-state index contributed by atoms with van der Waals surface area (Å²) in [5.41, 5.74) is 0.422. The predicted octanol–water partition coefficient (Wildman–Crippen LogP) is 3.54. The lowest BCUT2D eigenvalue weighted by molar-refractivity contribution is -0.151. The Balaban J connectivity index is 1.87. The topological polar surface area (TPSA) is 29.5 Å². The summed E-state index contributed by atoms with van der Waals surface area (Å²) in [5, 5.41) is 0. The Morgan fingerprint density at radius 3 is 2.95 bits per heavy atom. The molecule has 1 aliphatic carbocycles. The van der Waals surface area contributed by atoms with Crippen LogP contribution in [0.5, 0.6) is 0 Å². The number of unbranched alkanes of at least 4 members (excludes halogenated alkanes) is 1. The van der Waals surface area contributed by atoms with Gasteiger partial charge in [0.05, 0.1) is 6.61 Å². The number of esters is 1. The SMILES string of the molecule is CCCCOC(=O)[C@H](C)N1CCC[C@@]2(CC=CCC2)C1. The van der Waals surface area contributed by atoms with Crippen LogP contribution in [0.3, 0.4) is 0 Å². The van der Waals surface area contributed by atoms with Gasteiger partial charge in [0.25, 0.3) is 0 Å². The molecule has 2 atom stereocenters. The van der Waals surface area contributed by atoms with E-state index in [1.54, 1.807) is 0 Å². The van der Waals surface area contributed by atoms with Crippen molar-refractivity contribution in [2.75, 3.05) is 19.7 Å². The highest BCUT2D eigenvalue weighted by molar-refractivity contribution is 5.75. The number of allylic oxidation sites excluding steroid dienone is 2. The first-order chi connectivity index (χ1) is 9.67. The average molecular weight is 279 g/mol. The Bertz CT molecular complexity index is 353. The molecule has 3 nitrogen and oxygen atoms in total. The molecule has 1 heterocycles. The summed E-state index contributed by atoms with van der Waals surface area (Å²) in [6.45, 7) is 6.78. The summed E-state index contributed by atoms with van der Waals surface area (Å²) in [6, 6.07) is -0.0880. The number of carbonyl (C=O) groups excluding carboxylic acids is 1. The number of piperidine rings is 1. The van der Waals surface area contributed by atoms with E-state index in [0.29, 0.717) is 12.0 Å². The second kappa shape index (κ2) is 7.26. The van der Waals surface area contributed by atoms with Crippen LogP contribution in [0.2, 0.25) is 0 Å². The molecule has 1 spiro atoms. The van der Waals surface area contributed by atoms with Crippen molar-refractivity contribution in [1.82, 2.24) is 4.90 Å². The lowest BCUT2D eigenvalue weighted by Gasteiger charge is -2.45. The lowest BCUT2D eigenvalue weighted by Crippen LogP contribution is -2.50. The van der Waals surface area contributed by atoms with Crippen molar-refractivity contribution in [2.45, 2.75) is 64.8 Å². The first kappa shape index (κ1) is 15.6. The first-order valence-electron chi connectivity index (χ1n) is 8.22. The van der Waals surface area contributed by atoms with E-state index in [9.17, 15) is 4.79 Å². The average Bonchev–Trinajstić information content (AvgIpc) is 2.47. The summed E-state index contributed by atoms with van der Waals surface area (Å²) >= 11 is 0. The van der Waals surface area contributed by atoms with Crippen molar-refractivity contribution in [3.05, 3.63) is 12.2 Å². The van der Waals surface area contributed by atoms with E-state index in [1.807, 2.05) is 6.92 Å². The molecule has 114 valence electrons. The van der Waals surface area contributed by atoms with Crippen LogP contribution in [0.25, 0.3) is 0 Å². The van der Waals surface area contributed by atoms with Gasteiger partial charge in [-0.2, -0.15) is 0 Å². The van der Waals surface area contributed by atoms with Crippen LogP contribution in [-0.4, -0.2) is 36.6 Å². The summed E-state index contributed by atoms with van der Waals surface area (Å²) in [4.78, 5) is 14.5. The van der Waals surface area contributed by atoms with Crippen LogP contribution in [0, 0.1) is 5.41 Å². The molecule has 1 fully saturated rings. The molecule has 1 aliphatic heterocycles. The van der Waals surface area contributed by atoms with Crippen LogP contribution in [0.15, 0.2) is 12.2 Å². The first-order valence-corrected chi connectivity index (χ1v) is 8.22. The van der Waals surface area contributed by atoms with Gasteiger partial charge < -0.3 is 4.74 Å². The van der Waals surface area contributed by atoms with Crippen LogP contribution in [-0.2, 0) is 9.53 Å². The van der Waals surface area contributed by atoms with Crippen LogP contribution < -0.4 is 0 Å². The number of hydrogen-bond donors (Lipinski definition) is 0. The monoisotopic (exact) mass is 279 g/mol. The molecule has 2 rings (SSSR count). The number of ether oxygens (including phenoxy) is 1. The van der Waals surface area contributed by atoms with Crippen molar-refractivity contribution < 1.29 is 9.53 Å². The van der Waals surface area contributed by atoms with Crippen molar-refractivity contribution in [1.29, 1.82) is 0 Å². The Morgan fingerprint density at radius 1 is 1.40 bits per heavy atom. The van der Waals surface area contributed by atoms with Crippen molar-refractivity contribution in [2.24, 2.45) is 5.41 Å². The minimum absolute atomic E-state index is 0.0400. The molecule has 0 unspecified atom stereocenters. The summed E-state index contributed by atoms with van der Waals surface area (Å²) < 4.78 is 5.38. The van der Waals surface area contributed by atoms with Gasteiger partial charge in [-0.1, -0.05) is 25.5 Å². The van der Waals surface area contributed by atoms with E-state index in [0.717, 1.165) is 25.9 Å². The Hall–Kier alpha value is -0.830. The molecule has 1 saturated heterocycles. The molecule has 0 aromatic rings. The van der Waals surface area contributed by atoms with Gasteiger partial charge in [-0.05, 0) is 57.4 Å². The van der Waals surface area contributed by atoms with Crippen molar-refractivity contribution in [3.63, 3.8) is 0 Å². The van der Waals surface area contributed by atoms with Crippen LogP contribution in [0.1, 0.15) is 58.8 Å². The molecule has 20 heavy (non-hydrogen) atoms. The zero-order valence-electron chi connectivity index (χ0n) is 13.1. The normalized spacial score (nSPS) is 28.5. The van der Waals surface area contributed by atoms with E-state index in [2.05, 4.69) is 24.0 Å². The zero-order chi connectivity index (χ0) is 14.4. The Labute approximate surface area is 123 Å². The smallest absolute Gasteiger partial charge is 0.323 e. The van der Waals surface area contributed by atoms with Crippen molar-refractivity contribution in [3.8, 4) is 0 Å². The van der Waals surface area contributed by atoms with Crippen LogP contribution >= 0.6 is 0 Å². The molecule has 0 N–H and O–H groups in total. The maximum absolute atomic E-state index is 12.1. The number of carbonyl (C=O) groups is 1. The van der Waals surface area contributed by atoms with Gasteiger partial charge in [0, 0.05) is 6.54 Å². The largest absolute Gasteiger partial charge is 0.465 e. The minimum atomic E-state index is -0.0880. The molecule has 0 bridgehead atoms. The van der Waals surface area contributed by atoms with Gasteiger partial charge in [0.15, 0.2) is 0 Å². The highest BCUT2D eigenvalue weighted by Gasteiger charge is 2.38. The summed E-state index contributed by atoms with van der Waals surface area (Å²) in [6.07, 6.45) is 12.8. The fourth-order valence-corrected chi connectivity index (χ4v) is 3.48. The minimum Gasteiger partial charge on any atom is -0.465 e. The van der Waals surface area contributed by atoms with Gasteiger partial charge in [0.1, 0.15) is 6.04 Å². The molecule has 3 heteroatoms. The van der Waals surface area contributed by atoms with Crippen molar-refractivity contribution >= 4 is 5.97 Å². The third kappa shape index (κ3) is 3.85. The zero-order valence-corrected chi connectivity index (χ0v) is 13.1. The second-order valence-electron chi connectivity index (χ2n) is 6.49. The van der Waals surface area contributed by atoms with Gasteiger partial charge >= 0.3 is 5.97 Å². The number of rotatable bonds is 5. The molecule has 2 aliphatic rings. The third-order valence-electron chi connectivity index (χ3n) is 4.88. The lowest BCUT2D eigenvalue weighted by atomic mass is 9.71. The van der Waals surface area contributed by atoms with E-state index in [4.69, 9.17) is 4.74 Å². The second-order valence-corrected chi connectivity index (χ2v) is 6.49. The molecule has 0 aromatic heterocycles. The fourth-order valence-electron chi connectivity index (χ4n) is 3.48. The highest BCUT2D eigenvalue weighted by atomic mass is 16.5. The molecule has 0 amide bonds. The predicted molar refractivity (Wildman–Crippen MR) is 81.6 cm³/mol. The van der Waals surface area contributed by atoms with E-state index < -0.39 is 0 Å².